The van der Waals surface area contributed by atoms with Gasteiger partial charge < -0.3 is 19.5 Å². The van der Waals surface area contributed by atoms with Crippen molar-refractivity contribution in [3.8, 4) is 0 Å². The van der Waals surface area contributed by atoms with E-state index in [9.17, 15) is 13.6 Å². The molecular weight excluding hydrogens is 318 g/mol. The predicted molar refractivity (Wildman–Crippen MR) is 82.3 cm³/mol. The van der Waals surface area contributed by atoms with Gasteiger partial charge in [0, 0.05) is 32.5 Å². The Hall–Kier alpha value is -2.48. The van der Waals surface area contributed by atoms with Gasteiger partial charge >= 0.3 is 6.03 Å². The van der Waals surface area contributed by atoms with Crippen LogP contribution in [0.5, 0.6) is 0 Å². The van der Waals surface area contributed by atoms with Gasteiger partial charge in [0.05, 0.1) is 13.2 Å². The van der Waals surface area contributed by atoms with E-state index in [4.69, 9.17) is 4.74 Å². The van der Waals surface area contributed by atoms with Gasteiger partial charge in [-0.1, -0.05) is 6.07 Å². The first-order valence-electron chi connectivity index (χ1n) is 7.61. The van der Waals surface area contributed by atoms with E-state index in [2.05, 4.69) is 10.3 Å². The molecule has 2 aromatic rings. The van der Waals surface area contributed by atoms with Crippen LogP contribution < -0.4 is 5.32 Å². The highest BCUT2D eigenvalue weighted by Gasteiger charge is 2.25. The number of urea groups is 1. The second-order valence-corrected chi connectivity index (χ2v) is 5.55. The summed E-state index contributed by atoms with van der Waals surface area (Å²) in [5.41, 5.74) is 0.421. The minimum Gasteiger partial charge on any atom is -0.378 e. The zero-order valence-corrected chi connectivity index (χ0v) is 13.2. The number of amides is 2. The molecule has 24 heavy (non-hydrogen) atoms. The third-order valence-electron chi connectivity index (χ3n) is 3.96. The Labute approximate surface area is 138 Å². The first-order valence-corrected chi connectivity index (χ1v) is 7.61. The predicted octanol–water partition coefficient (Wildman–Crippen LogP) is 1.83. The van der Waals surface area contributed by atoms with Crippen LogP contribution in [0, 0.1) is 11.6 Å². The van der Waals surface area contributed by atoms with Crippen molar-refractivity contribution in [3.63, 3.8) is 0 Å². The van der Waals surface area contributed by atoms with Gasteiger partial charge in [-0.2, -0.15) is 0 Å². The molecule has 2 amide bonds. The van der Waals surface area contributed by atoms with Crippen molar-refractivity contribution in [1.82, 2.24) is 19.8 Å². The second kappa shape index (κ2) is 6.96. The van der Waals surface area contributed by atoms with Gasteiger partial charge in [0.2, 0.25) is 0 Å². The Balaban J connectivity index is 1.89. The maximum atomic E-state index is 13.6. The second-order valence-electron chi connectivity index (χ2n) is 5.55. The number of morpholine rings is 1. The molecule has 0 unspecified atom stereocenters. The third-order valence-corrected chi connectivity index (χ3v) is 3.96. The van der Waals surface area contributed by atoms with Gasteiger partial charge in [0.25, 0.3) is 0 Å². The number of rotatable bonds is 3. The molecule has 0 radical (unpaired) electrons. The minimum atomic E-state index is -0.965. The molecule has 1 saturated heterocycles. The van der Waals surface area contributed by atoms with Crippen molar-refractivity contribution in [2.45, 2.75) is 6.04 Å². The molecule has 2 heterocycles. The third kappa shape index (κ3) is 3.38. The number of imidazole rings is 1. The quantitative estimate of drug-likeness (QED) is 0.930. The summed E-state index contributed by atoms with van der Waals surface area (Å²) < 4.78 is 33.8. The fraction of sp³-hybridized carbons (Fsp3) is 0.375. The number of aromatic nitrogens is 2. The first kappa shape index (κ1) is 16.4. The van der Waals surface area contributed by atoms with E-state index in [1.807, 2.05) is 0 Å². The molecule has 1 aromatic carbocycles. The van der Waals surface area contributed by atoms with Crippen molar-refractivity contribution in [2.75, 3.05) is 26.3 Å². The number of aryl methyl sites for hydroxylation is 1. The number of hydrogen-bond acceptors (Lipinski definition) is 3. The number of carbonyl (C=O) groups excluding carboxylic acids is 1. The molecule has 0 bridgehead atoms. The van der Waals surface area contributed by atoms with Crippen molar-refractivity contribution < 1.29 is 18.3 Å². The van der Waals surface area contributed by atoms with Crippen LogP contribution in [0.1, 0.15) is 17.4 Å². The molecule has 0 aliphatic carbocycles. The molecule has 1 N–H and O–H groups in total. The lowest BCUT2D eigenvalue weighted by molar-refractivity contribution is 0.0527. The maximum Gasteiger partial charge on any atom is 0.318 e. The molecule has 1 aliphatic rings. The van der Waals surface area contributed by atoms with Gasteiger partial charge in [-0.05, 0) is 17.7 Å². The lowest BCUT2D eigenvalue weighted by atomic mass is 10.1. The van der Waals surface area contributed by atoms with Crippen molar-refractivity contribution in [1.29, 1.82) is 0 Å². The number of hydrogen-bond donors (Lipinski definition) is 1. The van der Waals surface area contributed by atoms with Crippen LogP contribution in [0.3, 0.4) is 0 Å². The lowest BCUT2D eigenvalue weighted by Crippen LogP contribution is -2.47. The van der Waals surface area contributed by atoms with E-state index >= 15 is 0 Å². The van der Waals surface area contributed by atoms with E-state index in [1.54, 1.807) is 28.9 Å². The summed E-state index contributed by atoms with van der Waals surface area (Å²) in [6.45, 7) is 1.92. The molecule has 1 aromatic heterocycles. The van der Waals surface area contributed by atoms with E-state index < -0.39 is 17.7 Å². The number of halogens is 2. The summed E-state index contributed by atoms with van der Waals surface area (Å²) >= 11 is 0. The summed E-state index contributed by atoms with van der Waals surface area (Å²) in [6.07, 6.45) is 3.31. The molecule has 0 spiro atoms. The molecule has 128 valence electrons. The molecule has 8 heteroatoms. The van der Waals surface area contributed by atoms with E-state index in [1.165, 1.54) is 6.07 Å². The summed E-state index contributed by atoms with van der Waals surface area (Å²) in [5, 5.41) is 2.85. The van der Waals surface area contributed by atoms with Gasteiger partial charge in [-0.15, -0.1) is 0 Å². The summed E-state index contributed by atoms with van der Waals surface area (Å²) in [7, 11) is 1.77. The minimum absolute atomic E-state index is 0.295. The van der Waals surface area contributed by atoms with E-state index in [-0.39, 0.29) is 6.03 Å². The van der Waals surface area contributed by atoms with Gasteiger partial charge in [0.1, 0.15) is 11.9 Å². The Kier molecular flexibility index (Phi) is 4.75. The van der Waals surface area contributed by atoms with Crippen LogP contribution >= 0.6 is 0 Å². The normalized spacial score (nSPS) is 16.0. The smallest absolute Gasteiger partial charge is 0.318 e. The highest BCUT2D eigenvalue weighted by Crippen LogP contribution is 2.22. The molecule has 6 nitrogen and oxygen atoms in total. The average Bonchev–Trinajstić information content (AvgIpc) is 3.01. The largest absolute Gasteiger partial charge is 0.378 e. The standard InChI is InChI=1S/C16H18F2N4O2/c1-21-5-4-19-15(21)14(11-2-3-12(17)13(18)10-11)20-16(23)22-6-8-24-9-7-22/h2-5,10,14H,6-9H2,1H3,(H,20,23)/t14-/m1/s1. The highest BCUT2D eigenvalue weighted by molar-refractivity contribution is 5.75. The van der Waals surface area contributed by atoms with E-state index in [0.29, 0.717) is 37.7 Å². The van der Waals surface area contributed by atoms with E-state index in [0.717, 1.165) is 12.1 Å². The van der Waals surface area contributed by atoms with Crippen LogP contribution in [0.25, 0.3) is 0 Å². The van der Waals surface area contributed by atoms with Crippen molar-refractivity contribution in [3.05, 3.63) is 53.6 Å². The van der Waals surface area contributed by atoms with Gasteiger partial charge in [-0.25, -0.2) is 18.6 Å². The summed E-state index contributed by atoms with van der Waals surface area (Å²) in [5.74, 6) is -1.37. The topological polar surface area (TPSA) is 59.4 Å². The Bertz CT molecular complexity index is 729. The number of nitrogens with zero attached hydrogens (tertiary/aromatic N) is 3. The van der Waals surface area contributed by atoms with Crippen LogP contribution in [0.15, 0.2) is 30.6 Å². The Morgan fingerprint density at radius 2 is 2.04 bits per heavy atom. The highest BCUT2D eigenvalue weighted by atomic mass is 19.2. The molecular formula is C16H18F2N4O2. The van der Waals surface area contributed by atoms with Gasteiger partial charge in [-0.3, -0.25) is 0 Å². The SMILES string of the molecule is Cn1ccnc1[C@H](NC(=O)N1CCOCC1)c1ccc(F)c(F)c1. The molecule has 1 atom stereocenters. The van der Waals surface area contributed by atoms with Crippen LogP contribution in [0.4, 0.5) is 13.6 Å². The monoisotopic (exact) mass is 336 g/mol. The molecule has 3 rings (SSSR count). The average molecular weight is 336 g/mol. The molecule has 1 fully saturated rings. The van der Waals surface area contributed by atoms with Crippen molar-refractivity contribution in [2.24, 2.45) is 7.05 Å². The van der Waals surface area contributed by atoms with Crippen LogP contribution in [-0.4, -0.2) is 46.8 Å². The fourth-order valence-corrected chi connectivity index (χ4v) is 2.63. The number of ether oxygens (including phenoxy) is 1. The Morgan fingerprint density at radius 3 is 2.67 bits per heavy atom. The number of nitrogens with one attached hydrogen (secondary N) is 1. The molecule has 1 aliphatic heterocycles. The number of benzene rings is 1. The lowest BCUT2D eigenvalue weighted by Gasteiger charge is -2.29. The van der Waals surface area contributed by atoms with Crippen molar-refractivity contribution >= 4 is 6.03 Å². The fourth-order valence-electron chi connectivity index (χ4n) is 2.63. The maximum absolute atomic E-state index is 13.6. The van der Waals surface area contributed by atoms with Crippen LogP contribution in [0.2, 0.25) is 0 Å². The summed E-state index contributed by atoms with van der Waals surface area (Å²) in [6, 6.07) is 2.58. The summed E-state index contributed by atoms with van der Waals surface area (Å²) in [4.78, 5) is 18.4. The van der Waals surface area contributed by atoms with Crippen LogP contribution in [-0.2, 0) is 11.8 Å². The Morgan fingerprint density at radius 1 is 1.29 bits per heavy atom. The number of carbonyl (C=O) groups is 1. The first-order chi connectivity index (χ1) is 11.6. The molecule has 0 saturated carbocycles. The zero-order chi connectivity index (χ0) is 17.1. The zero-order valence-electron chi connectivity index (χ0n) is 13.2. The van der Waals surface area contributed by atoms with Gasteiger partial charge in [0.15, 0.2) is 11.6 Å².